The van der Waals surface area contributed by atoms with Crippen molar-refractivity contribution < 1.29 is 14.3 Å². The number of amides is 1. The number of carbonyl (C=O) groups excluding carboxylic acids is 2. The first-order valence-electron chi connectivity index (χ1n) is 9.77. The quantitative estimate of drug-likeness (QED) is 0.699. The molecule has 7 heteroatoms. The van der Waals surface area contributed by atoms with Crippen LogP contribution in [0.4, 0.5) is 5.69 Å². The van der Waals surface area contributed by atoms with Gasteiger partial charge in [0.25, 0.3) is 5.91 Å². The molecule has 1 aromatic carbocycles. The standard InChI is InChI=1S/C21H26ClN3O3/c1-4-5-11-25-19(22)18(13(2)24-25)21(27)28-14(3)20(26)23-17-10-9-15-7-6-8-16(15)12-17/h9-10,12,14H,4-8,11H2,1-3H3,(H,23,26)/t14-/m0/s1. The van der Waals surface area contributed by atoms with Gasteiger partial charge in [0.15, 0.2) is 6.10 Å². The van der Waals surface area contributed by atoms with Gasteiger partial charge in [-0.3, -0.25) is 9.48 Å². The molecular formula is C21H26ClN3O3. The van der Waals surface area contributed by atoms with Crippen molar-refractivity contribution in [3.8, 4) is 0 Å². The van der Waals surface area contributed by atoms with Gasteiger partial charge in [-0.05, 0) is 62.8 Å². The van der Waals surface area contributed by atoms with E-state index in [-0.39, 0.29) is 16.6 Å². The Hall–Kier alpha value is -2.34. The van der Waals surface area contributed by atoms with Crippen LogP contribution in [0.2, 0.25) is 5.15 Å². The van der Waals surface area contributed by atoms with Crippen LogP contribution in [0.25, 0.3) is 0 Å². The predicted molar refractivity (Wildman–Crippen MR) is 109 cm³/mol. The molecule has 1 aliphatic carbocycles. The average Bonchev–Trinajstić information content (AvgIpc) is 3.23. The summed E-state index contributed by atoms with van der Waals surface area (Å²) in [5.41, 5.74) is 4.04. The van der Waals surface area contributed by atoms with Crippen molar-refractivity contribution in [3.05, 3.63) is 45.7 Å². The normalized spacial score (nSPS) is 13.9. The fourth-order valence-electron chi connectivity index (χ4n) is 3.41. The molecule has 1 heterocycles. The molecule has 1 aromatic heterocycles. The first-order chi connectivity index (χ1) is 13.4. The summed E-state index contributed by atoms with van der Waals surface area (Å²) in [7, 11) is 0. The number of hydrogen-bond donors (Lipinski definition) is 1. The average molecular weight is 404 g/mol. The molecule has 0 bridgehead atoms. The second kappa shape index (κ2) is 8.78. The number of nitrogens with zero attached hydrogens (tertiary/aromatic N) is 2. The number of halogens is 1. The zero-order chi connectivity index (χ0) is 20.3. The molecule has 0 unspecified atom stereocenters. The highest BCUT2D eigenvalue weighted by Gasteiger charge is 2.26. The zero-order valence-corrected chi connectivity index (χ0v) is 17.3. The van der Waals surface area contributed by atoms with Crippen molar-refractivity contribution in [2.45, 2.75) is 65.5 Å². The van der Waals surface area contributed by atoms with Gasteiger partial charge in [0, 0.05) is 12.2 Å². The summed E-state index contributed by atoms with van der Waals surface area (Å²) in [5, 5.41) is 7.38. The first kappa shape index (κ1) is 20.4. The summed E-state index contributed by atoms with van der Waals surface area (Å²) in [5.74, 6) is -1.01. The number of esters is 1. The van der Waals surface area contributed by atoms with Crippen LogP contribution >= 0.6 is 11.6 Å². The van der Waals surface area contributed by atoms with E-state index < -0.39 is 12.1 Å². The molecule has 150 valence electrons. The Morgan fingerprint density at radius 2 is 2.07 bits per heavy atom. The van der Waals surface area contributed by atoms with Gasteiger partial charge in [0.2, 0.25) is 0 Å². The van der Waals surface area contributed by atoms with Crippen molar-refractivity contribution in [2.24, 2.45) is 0 Å². The minimum absolute atomic E-state index is 0.218. The lowest BCUT2D eigenvalue weighted by Crippen LogP contribution is -2.30. The van der Waals surface area contributed by atoms with E-state index in [0.29, 0.717) is 12.2 Å². The van der Waals surface area contributed by atoms with E-state index in [1.165, 1.54) is 11.1 Å². The number of rotatable bonds is 7. The van der Waals surface area contributed by atoms with Crippen LogP contribution in [-0.2, 0) is 28.9 Å². The topological polar surface area (TPSA) is 73.2 Å². The second-order valence-electron chi connectivity index (χ2n) is 7.20. The van der Waals surface area contributed by atoms with Crippen LogP contribution in [-0.4, -0.2) is 27.8 Å². The largest absolute Gasteiger partial charge is 0.449 e. The molecule has 0 saturated heterocycles. The Morgan fingerprint density at radius 1 is 1.32 bits per heavy atom. The highest BCUT2D eigenvalue weighted by atomic mass is 35.5. The third-order valence-electron chi connectivity index (χ3n) is 5.01. The molecule has 0 saturated carbocycles. The number of fused-ring (bicyclic) bond motifs is 1. The molecular weight excluding hydrogens is 378 g/mol. The van der Waals surface area contributed by atoms with Gasteiger partial charge >= 0.3 is 5.97 Å². The maximum atomic E-state index is 12.6. The fourth-order valence-corrected chi connectivity index (χ4v) is 3.74. The van der Waals surface area contributed by atoms with Crippen molar-refractivity contribution in [1.29, 1.82) is 0 Å². The van der Waals surface area contributed by atoms with Crippen LogP contribution in [0, 0.1) is 6.92 Å². The lowest BCUT2D eigenvalue weighted by Gasteiger charge is -2.14. The maximum absolute atomic E-state index is 12.6. The van der Waals surface area contributed by atoms with Crippen molar-refractivity contribution in [3.63, 3.8) is 0 Å². The van der Waals surface area contributed by atoms with Gasteiger partial charge in [0.1, 0.15) is 10.7 Å². The number of ether oxygens (including phenoxy) is 1. The molecule has 1 aliphatic rings. The fraction of sp³-hybridized carbons (Fsp3) is 0.476. The molecule has 0 aliphatic heterocycles. The van der Waals surface area contributed by atoms with E-state index in [9.17, 15) is 9.59 Å². The van der Waals surface area contributed by atoms with E-state index in [0.717, 1.165) is 37.8 Å². The molecule has 1 N–H and O–H groups in total. The molecule has 28 heavy (non-hydrogen) atoms. The van der Waals surface area contributed by atoms with Crippen molar-refractivity contribution in [1.82, 2.24) is 9.78 Å². The zero-order valence-electron chi connectivity index (χ0n) is 16.5. The Kier molecular flexibility index (Phi) is 6.39. The van der Waals surface area contributed by atoms with Crippen LogP contribution in [0.3, 0.4) is 0 Å². The smallest absolute Gasteiger partial charge is 0.343 e. The summed E-state index contributed by atoms with van der Waals surface area (Å²) in [4.78, 5) is 25.0. The Balaban J connectivity index is 1.64. The molecule has 1 amide bonds. The third kappa shape index (κ3) is 4.38. The number of benzene rings is 1. The summed E-state index contributed by atoms with van der Waals surface area (Å²) in [6.07, 6.45) is 4.22. The predicted octanol–water partition coefficient (Wildman–Crippen LogP) is 4.32. The number of anilines is 1. The molecule has 2 aromatic rings. The van der Waals surface area contributed by atoms with Gasteiger partial charge in [-0.25, -0.2) is 4.79 Å². The highest BCUT2D eigenvalue weighted by Crippen LogP contribution is 2.25. The van der Waals surface area contributed by atoms with Gasteiger partial charge < -0.3 is 10.1 Å². The highest BCUT2D eigenvalue weighted by molar-refractivity contribution is 6.32. The van der Waals surface area contributed by atoms with Gasteiger partial charge in [-0.2, -0.15) is 5.10 Å². The number of carbonyl (C=O) groups is 2. The minimum Gasteiger partial charge on any atom is -0.449 e. The van der Waals surface area contributed by atoms with Crippen LogP contribution in [0.15, 0.2) is 18.2 Å². The van der Waals surface area contributed by atoms with Crippen molar-refractivity contribution >= 4 is 29.2 Å². The molecule has 6 nitrogen and oxygen atoms in total. The summed E-state index contributed by atoms with van der Waals surface area (Å²) >= 11 is 6.31. The van der Waals surface area contributed by atoms with E-state index in [1.807, 2.05) is 18.2 Å². The third-order valence-corrected chi connectivity index (χ3v) is 5.40. The lowest BCUT2D eigenvalue weighted by molar-refractivity contribution is -0.123. The Bertz CT molecular complexity index is 891. The maximum Gasteiger partial charge on any atom is 0.343 e. The van der Waals surface area contributed by atoms with Gasteiger partial charge in [-0.1, -0.05) is 31.0 Å². The Morgan fingerprint density at radius 3 is 2.82 bits per heavy atom. The Labute approximate surface area is 170 Å². The number of aromatic nitrogens is 2. The lowest BCUT2D eigenvalue weighted by atomic mass is 10.1. The van der Waals surface area contributed by atoms with Crippen LogP contribution in [0.5, 0.6) is 0 Å². The van der Waals surface area contributed by atoms with Crippen LogP contribution in [0.1, 0.15) is 60.3 Å². The van der Waals surface area contributed by atoms with E-state index >= 15 is 0 Å². The van der Waals surface area contributed by atoms with Crippen molar-refractivity contribution in [2.75, 3.05) is 5.32 Å². The number of hydrogen-bond acceptors (Lipinski definition) is 4. The van der Waals surface area contributed by atoms with E-state index in [4.69, 9.17) is 16.3 Å². The first-order valence-corrected chi connectivity index (χ1v) is 10.1. The summed E-state index contributed by atoms with van der Waals surface area (Å²) in [6, 6.07) is 5.92. The van der Waals surface area contributed by atoms with E-state index in [1.54, 1.807) is 18.5 Å². The van der Waals surface area contributed by atoms with Gasteiger partial charge in [-0.15, -0.1) is 0 Å². The SMILES string of the molecule is CCCCn1nc(C)c(C(=O)O[C@@H](C)C(=O)Nc2ccc3c(c2)CCC3)c1Cl. The summed E-state index contributed by atoms with van der Waals surface area (Å²) < 4.78 is 6.96. The second-order valence-corrected chi connectivity index (χ2v) is 7.56. The molecule has 1 atom stereocenters. The molecule has 0 spiro atoms. The number of aryl methyl sites for hydroxylation is 4. The number of nitrogens with one attached hydrogen (secondary N) is 1. The molecule has 0 radical (unpaired) electrons. The van der Waals surface area contributed by atoms with Crippen LogP contribution < -0.4 is 5.32 Å². The summed E-state index contributed by atoms with van der Waals surface area (Å²) in [6.45, 7) is 5.96. The monoisotopic (exact) mass is 403 g/mol. The van der Waals surface area contributed by atoms with Gasteiger partial charge in [0.05, 0.1) is 5.69 Å². The minimum atomic E-state index is -0.949. The molecule has 3 rings (SSSR count). The van der Waals surface area contributed by atoms with E-state index in [2.05, 4.69) is 17.3 Å². The molecule has 0 fully saturated rings. The number of unbranched alkanes of at least 4 members (excludes halogenated alkanes) is 1.